The molecule has 6 heteroatoms. The van der Waals surface area contributed by atoms with Crippen molar-refractivity contribution in [3.63, 3.8) is 0 Å². The van der Waals surface area contributed by atoms with Gasteiger partial charge < -0.3 is 15.0 Å². The van der Waals surface area contributed by atoms with E-state index >= 15 is 0 Å². The molecule has 0 saturated carbocycles. The minimum absolute atomic E-state index is 0.104. The number of hydrogen-bond acceptors (Lipinski definition) is 3. The number of urea groups is 1. The lowest BCUT2D eigenvalue weighted by Crippen LogP contribution is -2.39. The number of benzene rings is 2. The van der Waals surface area contributed by atoms with Crippen LogP contribution in [0.5, 0.6) is 0 Å². The van der Waals surface area contributed by atoms with Gasteiger partial charge in [-0.15, -0.1) is 0 Å². The van der Waals surface area contributed by atoms with E-state index < -0.39 is 0 Å². The van der Waals surface area contributed by atoms with Gasteiger partial charge in [0.25, 0.3) is 0 Å². The van der Waals surface area contributed by atoms with Gasteiger partial charge in [-0.1, -0.05) is 17.7 Å². The summed E-state index contributed by atoms with van der Waals surface area (Å²) in [5, 5.41) is 2.95. The summed E-state index contributed by atoms with van der Waals surface area (Å²) in [4.78, 5) is 27.7. The Labute approximate surface area is 158 Å². The van der Waals surface area contributed by atoms with E-state index in [1.807, 2.05) is 29.2 Å². The van der Waals surface area contributed by atoms with Crippen LogP contribution in [0.1, 0.15) is 22.3 Å². The number of rotatable bonds is 2. The van der Waals surface area contributed by atoms with Crippen LogP contribution in [-0.4, -0.2) is 36.7 Å². The highest BCUT2D eigenvalue weighted by molar-refractivity contribution is 5.92. The predicted octanol–water partition coefficient (Wildman–Crippen LogP) is 3.85. The molecule has 2 aromatic carbocycles. The first-order chi connectivity index (χ1) is 13.0. The highest BCUT2D eigenvalue weighted by atomic mass is 16.6. The number of carbonyl (C=O) groups is 2. The second-order valence-corrected chi connectivity index (χ2v) is 7.13. The average molecular weight is 365 g/mol. The van der Waals surface area contributed by atoms with Crippen molar-refractivity contribution in [2.45, 2.75) is 26.8 Å². The quantitative estimate of drug-likeness (QED) is 0.879. The molecule has 0 aromatic heterocycles. The van der Waals surface area contributed by atoms with Crippen LogP contribution in [0.15, 0.2) is 36.4 Å². The van der Waals surface area contributed by atoms with Crippen molar-refractivity contribution >= 4 is 23.5 Å². The van der Waals surface area contributed by atoms with E-state index in [0.717, 1.165) is 12.1 Å². The number of aryl methyl sites for hydroxylation is 2. The second-order valence-electron chi connectivity index (χ2n) is 7.13. The molecule has 1 fully saturated rings. The van der Waals surface area contributed by atoms with E-state index in [1.165, 1.54) is 22.3 Å². The van der Waals surface area contributed by atoms with Crippen LogP contribution in [0.4, 0.5) is 21.0 Å². The van der Waals surface area contributed by atoms with Gasteiger partial charge in [0.2, 0.25) is 0 Å². The number of anilines is 2. The fourth-order valence-electron chi connectivity index (χ4n) is 3.84. The highest BCUT2D eigenvalue weighted by Gasteiger charge is 2.24. The molecule has 6 nitrogen and oxygen atoms in total. The molecule has 27 heavy (non-hydrogen) atoms. The molecule has 0 radical (unpaired) electrons. The zero-order chi connectivity index (χ0) is 19.0. The Bertz CT molecular complexity index is 892. The van der Waals surface area contributed by atoms with Crippen molar-refractivity contribution in [3.05, 3.63) is 58.7 Å². The Morgan fingerprint density at radius 1 is 1.11 bits per heavy atom. The molecule has 0 bridgehead atoms. The SMILES string of the molecule is Cc1cc(C)c2c(c1)CN(C(=O)Nc1ccc(N3CCOC3=O)cc1)CC2. The van der Waals surface area contributed by atoms with Gasteiger partial charge in [-0.25, -0.2) is 9.59 Å². The summed E-state index contributed by atoms with van der Waals surface area (Å²) in [6, 6.07) is 11.5. The number of nitrogens with one attached hydrogen (secondary N) is 1. The van der Waals surface area contributed by atoms with Gasteiger partial charge in [0.1, 0.15) is 6.61 Å². The number of amides is 3. The Balaban J connectivity index is 1.43. The highest BCUT2D eigenvalue weighted by Crippen LogP contribution is 2.25. The predicted molar refractivity (Wildman–Crippen MR) is 104 cm³/mol. The molecule has 1 N–H and O–H groups in total. The molecule has 4 rings (SSSR count). The maximum atomic E-state index is 12.7. The van der Waals surface area contributed by atoms with E-state index in [2.05, 4.69) is 31.3 Å². The molecule has 0 aliphatic carbocycles. The number of ether oxygens (including phenoxy) is 1. The van der Waals surface area contributed by atoms with Crippen molar-refractivity contribution < 1.29 is 14.3 Å². The first kappa shape index (κ1) is 17.4. The van der Waals surface area contributed by atoms with E-state index in [1.54, 1.807) is 4.90 Å². The number of hydrogen-bond donors (Lipinski definition) is 1. The van der Waals surface area contributed by atoms with E-state index in [0.29, 0.717) is 31.9 Å². The van der Waals surface area contributed by atoms with Crippen LogP contribution < -0.4 is 10.2 Å². The van der Waals surface area contributed by atoms with E-state index in [4.69, 9.17) is 4.74 Å². The van der Waals surface area contributed by atoms with Crippen LogP contribution in [0.3, 0.4) is 0 Å². The topological polar surface area (TPSA) is 61.9 Å². The maximum Gasteiger partial charge on any atom is 0.414 e. The maximum absolute atomic E-state index is 12.7. The summed E-state index contributed by atoms with van der Waals surface area (Å²) in [5.41, 5.74) is 6.62. The van der Waals surface area contributed by atoms with Crippen molar-refractivity contribution in [2.75, 3.05) is 29.9 Å². The van der Waals surface area contributed by atoms with Crippen LogP contribution >= 0.6 is 0 Å². The normalized spacial score (nSPS) is 16.1. The Kier molecular flexibility index (Phi) is 4.48. The minimum atomic E-state index is -0.329. The van der Waals surface area contributed by atoms with Crippen molar-refractivity contribution in [2.24, 2.45) is 0 Å². The molecule has 0 atom stereocenters. The van der Waals surface area contributed by atoms with Crippen molar-refractivity contribution in [1.82, 2.24) is 4.90 Å². The summed E-state index contributed by atoms with van der Waals surface area (Å²) < 4.78 is 4.95. The third kappa shape index (κ3) is 3.47. The molecule has 1 saturated heterocycles. The van der Waals surface area contributed by atoms with Gasteiger partial charge in [0.15, 0.2) is 0 Å². The minimum Gasteiger partial charge on any atom is -0.447 e. The molecule has 140 valence electrons. The zero-order valence-corrected chi connectivity index (χ0v) is 15.6. The standard InChI is InChI=1S/C21H23N3O3/c1-14-11-15(2)19-7-8-23(13-16(19)12-14)20(25)22-17-3-5-18(6-4-17)24-9-10-27-21(24)26/h3-6,11-12H,7-10,13H2,1-2H3,(H,22,25). The molecule has 3 amide bonds. The van der Waals surface area contributed by atoms with Gasteiger partial charge >= 0.3 is 12.1 Å². The van der Waals surface area contributed by atoms with Crippen molar-refractivity contribution in [1.29, 1.82) is 0 Å². The fraction of sp³-hybridized carbons (Fsp3) is 0.333. The van der Waals surface area contributed by atoms with Crippen LogP contribution in [0.25, 0.3) is 0 Å². The number of cyclic esters (lactones) is 1. The molecule has 0 spiro atoms. The van der Waals surface area contributed by atoms with Crippen LogP contribution in [0.2, 0.25) is 0 Å². The third-order valence-corrected chi connectivity index (χ3v) is 5.18. The van der Waals surface area contributed by atoms with Crippen LogP contribution in [0, 0.1) is 13.8 Å². The molecular formula is C21H23N3O3. The number of nitrogens with zero attached hydrogens (tertiary/aromatic N) is 2. The van der Waals surface area contributed by atoms with E-state index in [-0.39, 0.29) is 12.1 Å². The van der Waals surface area contributed by atoms with Crippen molar-refractivity contribution in [3.8, 4) is 0 Å². The Morgan fingerprint density at radius 3 is 2.59 bits per heavy atom. The largest absolute Gasteiger partial charge is 0.447 e. The summed E-state index contributed by atoms with van der Waals surface area (Å²) in [6.07, 6.45) is 0.551. The summed E-state index contributed by atoms with van der Waals surface area (Å²) in [5.74, 6) is 0. The van der Waals surface area contributed by atoms with Gasteiger partial charge in [0.05, 0.1) is 6.54 Å². The number of carbonyl (C=O) groups excluding carboxylic acids is 2. The molecular weight excluding hydrogens is 342 g/mol. The Hall–Kier alpha value is -3.02. The Morgan fingerprint density at radius 2 is 1.89 bits per heavy atom. The lowest BCUT2D eigenvalue weighted by molar-refractivity contribution is 0.181. The van der Waals surface area contributed by atoms with Gasteiger partial charge in [-0.05, 0) is 61.2 Å². The molecule has 2 heterocycles. The second kappa shape index (κ2) is 6.95. The molecule has 2 aromatic rings. The van der Waals surface area contributed by atoms with Gasteiger partial charge in [-0.2, -0.15) is 0 Å². The summed E-state index contributed by atoms with van der Waals surface area (Å²) >= 11 is 0. The average Bonchev–Trinajstić information content (AvgIpc) is 3.07. The lowest BCUT2D eigenvalue weighted by atomic mass is 9.93. The first-order valence-electron chi connectivity index (χ1n) is 9.20. The van der Waals surface area contributed by atoms with Gasteiger partial charge in [-0.3, -0.25) is 4.90 Å². The zero-order valence-electron chi connectivity index (χ0n) is 15.6. The third-order valence-electron chi connectivity index (χ3n) is 5.18. The molecule has 2 aliphatic heterocycles. The van der Waals surface area contributed by atoms with Crippen LogP contribution in [-0.2, 0) is 17.7 Å². The summed E-state index contributed by atoms with van der Waals surface area (Å²) in [7, 11) is 0. The molecule has 0 unspecified atom stereocenters. The van der Waals surface area contributed by atoms with Gasteiger partial charge in [0, 0.05) is 24.5 Å². The smallest absolute Gasteiger partial charge is 0.414 e. The molecule has 2 aliphatic rings. The monoisotopic (exact) mass is 365 g/mol. The lowest BCUT2D eigenvalue weighted by Gasteiger charge is -2.30. The fourth-order valence-corrected chi connectivity index (χ4v) is 3.84. The van der Waals surface area contributed by atoms with E-state index in [9.17, 15) is 9.59 Å². The summed E-state index contributed by atoms with van der Waals surface area (Å²) in [6.45, 7) is 6.52. The number of fused-ring (bicyclic) bond motifs is 1. The first-order valence-corrected chi connectivity index (χ1v) is 9.20.